The van der Waals surface area contributed by atoms with Gasteiger partial charge >= 0.3 is 0 Å². The van der Waals surface area contributed by atoms with Crippen LogP contribution in [0.15, 0.2) is 42.1 Å². The van der Waals surface area contributed by atoms with Crippen LogP contribution in [0.1, 0.15) is 31.3 Å². The number of rotatable bonds is 5. The van der Waals surface area contributed by atoms with Gasteiger partial charge in [0.25, 0.3) is 0 Å². The summed E-state index contributed by atoms with van der Waals surface area (Å²) in [7, 11) is 0. The van der Waals surface area contributed by atoms with E-state index in [1.165, 1.54) is 10.4 Å². The first-order chi connectivity index (χ1) is 12.3. The lowest BCUT2D eigenvalue weighted by molar-refractivity contribution is -0.109. The predicted molar refractivity (Wildman–Crippen MR) is 111 cm³/mol. The van der Waals surface area contributed by atoms with Crippen molar-refractivity contribution in [2.75, 3.05) is 6.54 Å². The van der Waals surface area contributed by atoms with Crippen molar-refractivity contribution in [3.63, 3.8) is 0 Å². The maximum absolute atomic E-state index is 9.29. The molecule has 1 amide bonds. The molecule has 0 unspecified atom stereocenters. The largest absolute Gasteiger partial charge is 0.402 e. The lowest BCUT2D eigenvalue weighted by atomic mass is 10.2. The fraction of sp³-hybridized carbons (Fsp3) is 0.316. The molecule has 0 aliphatic rings. The molecule has 0 radical (unpaired) electrons. The van der Waals surface area contributed by atoms with Gasteiger partial charge in [-0.1, -0.05) is 30.3 Å². The average molecular weight is 376 g/mol. The van der Waals surface area contributed by atoms with E-state index in [-0.39, 0.29) is 0 Å². The van der Waals surface area contributed by atoms with Gasteiger partial charge in [0.1, 0.15) is 5.01 Å². The van der Waals surface area contributed by atoms with Crippen LogP contribution < -0.4 is 16.8 Å². The Kier molecular flexibility index (Phi) is 12.4. The number of aryl methyl sites for hydroxylation is 1. The SMILES string of the molecule is CC(=N)/C=C(/C)N.CCNC=O.Cc1sc(-c2ccccc2)nc1CN. The molecule has 0 atom stereocenters. The van der Waals surface area contributed by atoms with E-state index >= 15 is 0 Å². The fourth-order valence-corrected chi connectivity index (χ4v) is 2.69. The maximum atomic E-state index is 9.29. The van der Waals surface area contributed by atoms with E-state index in [4.69, 9.17) is 16.9 Å². The molecule has 0 spiro atoms. The molecule has 0 saturated carbocycles. The monoisotopic (exact) mass is 375 g/mol. The molecule has 2 rings (SSSR count). The molecule has 0 aliphatic carbocycles. The number of carbonyl (C=O) groups is 1. The van der Waals surface area contributed by atoms with Gasteiger partial charge in [0.05, 0.1) is 5.69 Å². The molecular formula is C19H29N5OS. The molecule has 1 aromatic heterocycles. The Morgan fingerprint density at radius 1 is 1.31 bits per heavy atom. The summed E-state index contributed by atoms with van der Waals surface area (Å²) >= 11 is 1.70. The summed E-state index contributed by atoms with van der Waals surface area (Å²) in [5.41, 5.74) is 14.2. The minimum atomic E-state index is 0.500. The first kappa shape index (κ1) is 23.5. The Bertz CT molecular complexity index is 691. The van der Waals surface area contributed by atoms with E-state index in [0.29, 0.717) is 24.4 Å². The van der Waals surface area contributed by atoms with Crippen molar-refractivity contribution < 1.29 is 4.79 Å². The molecule has 0 fully saturated rings. The Hall–Kier alpha value is -2.51. The molecule has 26 heavy (non-hydrogen) atoms. The summed E-state index contributed by atoms with van der Waals surface area (Å²) in [6, 6.07) is 10.2. The highest BCUT2D eigenvalue weighted by molar-refractivity contribution is 7.15. The van der Waals surface area contributed by atoms with Gasteiger partial charge in [0.15, 0.2) is 0 Å². The fourth-order valence-electron chi connectivity index (χ4n) is 1.75. The second-order valence-corrected chi connectivity index (χ2v) is 6.54. The molecule has 1 aromatic carbocycles. The maximum Gasteiger partial charge on any atom is 0.207 e. The summed E-state index contributed by atoms with van der Waals surface area (Å²) in [5, 5.41) is 10.4. The molecule has 6 nitrogen and oxygen atoms in total. The molecule has 6 N–H and O–H groups in total. The lowest BCUT2D eigenvalue weighted by Gasteiger charge is -1.93. The number of nitrogens with two attached hydrogens (primary N) is 2. The van der Waals surface area contributed by atoms with Crippen molar-refractivity contribution in [3.05, 3.63) is 52.7 Å². The van der Waals surface area contributed by atoms with Crippen molar-refractivity contribution in [3.8, 4) is 10.6 Å². The number of carbonyl (C=O) groups excluding carboxylic acids is 1. The standard InChI is InChI=1S/C11H12N2S.C5H10N2.C3H7NO/c1-8-10(7-12)13-11(14-8)9-5-3-2-4-6-9;1-4(6)3-5(2)7;1-2-4-3-5/h2-6H,7,12H2,1H3;3,6H,7H2,1-2H3;3H,2H2,1H3,(H,4,5)/b;5-3-,6-4?;. The third kappa shape index (κ3) is 10.4. The zero-order valence-corrected chi connectivity index (χ0v) is 16.7. The Morgan fingerprint density at radius 3 is 2.23 bits per heavy atom. The predicted octanol–water partition coefficient (Wildman–Crippen LogP) is 3.22. The normalized spacial score (nSPS) is 9.96. The van der Waals surface area contributed by atoms with Crippen molar-refractivity contribution in [2.45, 2.75) is 34.2 Å². The summed E-state index contributed by atoms with van der Waals surface area (Å²) in [5.74, 6) is 0. The van der Waals surface area contributed by atoms with E-state index in [9.17, 15) is 4.79 Å². The molecule has 2 aromatic rings. The second-order valence-electron chi connectivity index (χ2n) is 5.34. The van der Waals surface area contributed by atoms with Gasteiger partial charge in [-0.3, -0.25) is 4.79 Å². The zero-order valence-electron chi connectivity index (χ0n) is 15.9. The van der Waals surface area contributed by atoms with Crippen LogP contribution in [-0.2, 0) is 11.3 Å². The number of nitrogens with zero attached hydrogens (tertiary/aromatic N) is 1. The second kappa shape index (κ2) is 13.7. The van der Waals surface area contributed by atoms with E-state index in [2.05, 4.69) is 29.4 Å². The smallest absolute Gasteiger partial charge is 0.207 e. The number of amides is 1. The first-order valence-corrected chi connectivity index (χ1v) is 9.05. The van der Waals surface area contributed by atoms with Crippen LogP contribution >= 0.6 is 11.3 Å². The molecule has 0 bridgehead atoms. The van der Waals surface area contributed by atoms with Gasteiger partial charge in [-0.25, -0.2) is 4.98 Å². The number of aromatic nitrogens is 1. The number of hydrogen-bond acceptors (Lipinski definition) is 6. The van der Waals surface area contributed by atoms with E-state index < -0.39 is 0 Å². The van der Waals surface area contributed by atoms with Gasteiger partial charge in [-0.15, -0.1) is 11.3 Å². The lowest BCUT2D eigenvalue weighted by Crippen LogP contribution is -2.07. The average Bonchev–Trinajstić information content (AvgIpc) is 2.97. The molecular weight excluding hydrogens is 346 g/mol. The number of hydrogen-bond donors (Lipinski definition) is 4. The summed E-state index contributed by atoms with van der Waals surface area (Å²) in [6.45, 7) is 8.63. The van der Waals surface area contributed by atoms with Crippen LogP contribution in [0.2, 0.25) is 0 Å². The highest BCUT2D eigenvalue weighted by Crippen LogP contribution is 2.26. The highest BCUT2D eigenvalue weighted by Gasteiger charge is 2.06. The van der Waals surface area contributed by atoms with Gasteiger partial charge in [-0.2, -0.15) is 0 Å². The van der Waals surface area contributed by atoms with Crippen LogP contribution in [0.25, 0.3) is 10.6 Å². The van der Waals surface area contributed by atoms with Crippen molar-refractivity contribution in [1.82, 2.24) is 10.3 Å². The van der Waals surface area contributed by atoms with Crippen LogP contribution in [0.3, 0.4) is 0 Å². The van der Waals surface area contributed by atoms with Crippen LogP contribution in [-0.4, -0.2) is 23.7 Å². The number of nitrogens with one attached hydrogen (secondary N) is 2. The van der Waals surface area contributed by atoms with E-state index in [1.54, 1.807) is 31.3 Å². The molecule has 0 aliphatic heterocycles. The topological polar surface area (TPSA) is 118 Å². The third-order valence-corrected chi connectivity index (χ3v) is 3.90. The number of allylic oxidation sites excluding steroid dienone is 2. The molecule has 0 saturated heterocycles. The number of thiazole rings is 1. The minimum absolute atomic E-state index is 0.500. The Morgan fingerprint density at radius 2 is 1.92 bits per heavy atom. The van der Waals surface area contributed by atoms with E-state index in [0.717, 1.165) is 17.2 Å². The van der Waals surface area contributed by atoms with Gasteiger partial charge < -0.3 is 22.2 Å². The summed E-state index contributed by atoms with van der Waals surface area (Å²) in [4.78, 5) is 15.0. The molecule has 1 heterocycles. The minimum Gasteiger partial charge on any atom is -0.402 e. The third-order valence-electron chi connectivity index (χ3n) is 2.84. The highest BCUT2D eigenvalue weighted by atomic mass is 32.1. The van der Waals surface area contributed by atoms with Crippen LogP contribution in [0.5, 0.6) is 0 Å². The quantitative estimate of drug-likeness (QED) is 0.474. The Balaban J connectivity index is 0.000000439. The Labute approximate surface area is 159 Å². The summed E-state index contributed by atoms with van der Waals surface area (Å²) in [6.07, 6.45) is 2.29. The summed E-state index contributed by atoms with van der Waals surface area (Å²) < 4.78 is 0. The van der Waals surface area contributed by atoms with Gasteiger partial charge in [0.2, 0.25) is 6.41 Å². The van der Waals surface area contributed by atoms with Crippen molar-refractivity contribution in [2.24, 2.45) is 11.5 Å². The van der Waals surface area contributed by atoms with Gasteiger partial charge in [0, 0.05) is 34.9 Å². The van der Waals surface area contributed by atoms with Crippen molar-refractivity contribution in [1.29, 1.82) is 5.41 Å². The molecule has 7 heteroatoms. The van der Waals surface area contributed by atoms with Crippen molar-refractivity contribution >= 4 is 23.5 Å². The molecule has 142 valence electrons. The van der Waals surface area contributed by atoms with Crippen LogP contribution in [0.4, 0.5) is 0 Å². The van der Waals surface area contributed by atoms with E-state index in [1.807, 2.05) is 25.1 Å². The zero-order chi connectivity index (χ0) is 19.9. The number of benzene rings is 1. The first-order valence-electron chi connectivity index (χ1n) is 8.23. The van der Waals surface area contributed by atoms with Gasteiger partial charge in [-0.05, 0) is 33.8 Å². The van der Waals surface area contributed by atoms with Crippen LogP contribution in [0, 0.1) is 12.3 Å².